The Balaban J connectivity index is 1.97. The molecule has 13 heavy (non-hydrogen) atoms. The Kier molecular flexibility index (Phi) is 2.61. The van der Waals surface area contributed by atoms with E-state index in [-0.39, 0.29) is 5.79 Å². The number of ether oxygens (including phenoxy) is 2. The summed E-state index contributed by atoms with van der Waals surface area (Å²) < 4.78 is 11.9. The second kappa shape index (κ2) is 3.58. The Morgan fingerprint density at radius 2 is 2.08 bits per heavy atom. The Morgan fingerprint density at radius 1 is 1.23 bits per heavy atom. The van der Waals surface area contributed by atoms with Crippen LogP contribution in [0.4, 0.5) is 0 Å². The summed E-state index contributed by atoms with van der Waals surface area (Å²) in [7, 11) is 0. The molecule has 0 aliphatic carbocycles. The van der Waals surface area contributed by atoms with Crippen LogP contribution in [-0.2, 0) is 9.47 Å². The van der Waals surface area contributed by atoms with E-state index in [0.29, 0.717) is 12.2 Å². The second-order valence-corrected chi connectivity index (χ2v) is 4.42. The topological polar surface area (TPSA) is 18.5 Å². The molecule has 2 nitrogen and oxygen atoms in total. The van der Waals surface area contributed by atoms with E-state index in [2.05, 4.69) is 13.8 Å². The maximum atomic E-state index is 5.99. The number of hydrogen-bond donors (Lipinski definition) is 0. The third-order valence-corrected chi connectivity index (χ3v) is 3.27. The van der Waals surface area contributed by atoms with Crippen LogP contribution >= 0.6 is 0 Å². The molecule has 0 aromatic rings. The molecule has 0 saturated carbocycles. The molecule has 0 amide bonds. The minimum atomic E-state index is -0.182. The normalized spacial score (nSPS) is 45.7. The minimum Gasteiger partial charge on any atom is -0.347 e. The summed E-state index contributed by atoms with van der Waals surface area (Å²) >= 11 is 0. The smallest absolute Gasteiger partial charge is 0.169 e. The minimum absolute atomic E-state index is 0.182. The molecule has 2 aliphatic heterocycles. The van der Waals surface area contributed by atoms with Crippen molar-refractivity contribution in [1.29, 1.82) is 0 Å². The third kappa shape index (κ3) is 1.89. The molecule has 2 aliphatic rings. The average molecular weight is 188 g/mol. The third-order valence-electron chi connectivity index (χ3n) is 3.27. The van der Waals surface area contributed by atoms with Gasteiger partial charge in [0.2, 0.25) is 0 Å². The van der Waals surface area contributed by atoms with Crippen LogP contribution < -0.4 is 0 Å². The summed E-state index contributed by atoms with van der Waals surface area (Å²) in [4.78, 5) is 0. The molecule has 2 heteroatoms. The van der Waals surface area contributed by atoms with Gasteiger partial charge in [0, 0.05) is 12.8 Å². The van der Waals surface area contributed by atoms with Gasteiger partial charge in [-0.15, -0.1) is 0 Å². The van der Waals surface area contributed by atoms with Crippen LogP contribution in [-0.4, -0.2) is 18.0 Å². The molecular weight excluding hydrogens is 168 g/mol. The van der Waals surface area contributed by atoms with Gasteiger partial charge in [0.25, 0.3) is 0 Å². The van der Waals surface area contributed by atoms with Crippen molar-refractivity contribution in [2.45, 2.75) is 70.4 Å². The van der Waals surface area contributed by atoms with Crippen LogP contribution in [0.3, 0.4) is 0 Å². The van der Waals surface area contributed by atoms with Crippen molar-refractivity contribution in [3.05, 3.63) is 0 Å². The Labute approximate surface area is 80.6 Å². The van der Waals surface area contributed by atoms with Crippen molar-refractivity contribution >= 4 is 0 Å². The fourth-order valence-electron chi connectivity index (χ4n) is 2.50. The van der Waals surface area contributed by atoms with Crippen LogP contribution in [0.2, 0.25) is 0 Å². The van der Waals surface area contributed by atoms with Gasteiger partial charge in [-0.2, -0.15) is 0 Å². The first-order valence-electron chi connectivity index (χ1n) is 5.60. The van der Waals surface area contributed by atoms with Crippen LogP contribution in [0, 0.1) is 0 Å². The van der Waals surface area contributed by atoms with Crippen LogP contribution in [0.15, 0.2) is 0 Å². The SMILES string of the molecule is CC[C@@H]1CC[C@@]2(CCC[C@H](C)[18O]2)[18O]1. The lowest BCUT2D eigenvalue weighted by Crippen LogP contribution is -2.39. The van der Waals surface area contributed by atoms with E-state index in [4.69, 9.17) is 9.47 Å². The summed E-state index contributed by atoms with van der Waals surface area (Å²) in [5, 5.41) is 0. The molecule has 0 aromatic carbocycles. The maximum Gasteiger partial charge on any atom is 0.169 e. The van der Waals surface area contributed by atoms with Gasteiger partial charge in [-0.25, -0.2) is 0 Å². The summed E-state index contributed by atoms with van der Waals surface area (Å²) in [6.07, 6.45) is 7.82. The molecule has 76 valence electrons. The molecule has 3 atom stereocenters. The van der Waals surface area contributed by atoms with Crippen LogP contribution in [0.5, 0.6) is 0 Å². The van der Waals surface area contributed by atoms with Crippen molar-refractivity contribution in [3.63, 3.8) is 0 Å². The fraction of sp³-hybridized carbons (Fsp3) is 1.00. The van der Waals surface area contributed by atoms with Gasteiger partial charge < -0.3 is 9.47 Å². The maximum absolute atomic E-state index is 5.99. The average Bonchev–Trinajstić information content (AvgIpc) is 2.48. The molecule has 0 unspecified atom stereocenters. The Bertz CT molecular complexity index is 181. The molecule has 2 heterocycles. The lowest BCUT2D eigenvalue weighted by atomic mass is 10.0. The van der Waals surface area contributed by atoms with Gasteiger partial charge in [0.15, 0.2) is 5.79 Å². The van der Waals surface area contributed by atoms with Gasteiger partial charge >= 0.3 is 0 Å². The fourth-order valence-corrected chi connectivity index (χ4v) is 2.50. The molecule has 0 aromatic heterocycles. The number of hydrogen-bond acceptors (Lipinski definition) is 2. The Morgan fingerprint density at radius 3 is 2.69 bits per heavy atom. The van der Waals surface area contributed by atoms with Gasteiger partial charge in [0.1, 0.15) is 0 Å². The molecule has 0 bridgehead atoms. The molecule has 2 rings (SSSR count). The zero-order valence-electron chi connectivity index (χ0n) is 8.71. The van der Waals surface area contributed by atoms with E-state index in [1.165, 1.54) is 19.3 Å². The molecular formula is C11H20O2. The molecule has 0 radical (unpaired) electrons. The van der Waals surface area contributed by atoms with Crippen LogP contribution in [0.25, 0.3) is 0 Å². The summed E-state index contributed by atoms with van der Waals surface area (Å²) in [5.41, 5.74) is 0. The van der Waals surface area contributed by atoms with E-state index in [0.717, 1.165) is 19.3 Å². The summed E-state index contributed by atoms with van der Waals surface area (Å²) in [6, 6.07) is 0. The van der Waals surface area contributed by atoms with Gasteiger partial charge in [0.05, 0.1) is 12.2 Å². The van der Waals surface area contributed by atoms with E-state index in [9.17, 15) is 0 Å². The van der Waals surface area contributed by atoms with Crippen molar-refractivity contribution in [2.24, 2.45) is 0 Å². The quantitative estimate of drug-likeness (QED) is 0.589. The first kappa shape index (κ1) is 9.47. The first-order valence-corrected chi connectivity index (χ1v) is 5.60. The standard InChI is InChI=1S/C11H20O2/c1-3-10-6-8-11(13-10)7-4-5-9(2)12-11/h9-10H,3-8H2,1-2H3/t9-,10+,11+/m0/s1/i12+2,13+2. The molecule has 2 fully saturated rings. The van der Waals surface area contributed by atoms with Gasteiger partial charge in [-0.1, -0.05) is 6.92 Å². The summed E-state index contributed by atoms with van der Waals surface area (Å²) in [6.45, 7) is 4.35. The Hall–Kier alpha value is -0.0800. The van der Waals surface area contributed by atoms with E-state index < -0.39 is 0 Å². The highest BCUT2D eigenvalue weighted by molar-refractivity contribution is 4.84. The van der Waals surface area contributed by atoms with Crippen molar-refractivity contribution in [1.82, 2.24) is 0 Å². The highest BCUT2D eigenvalue weighted by atomic mass is 18.5. The lowest BCUT2D eigenvalue weighted by Gasteiger charge is -2.37. The second-order valence-electron chi connectivity index (χ2n) is 4.42. The summed E-state index contributed by atoms with van der Waals surface area (Å²) in [5.74, 6) is -0.182. The predicted octanol–water partition coefficient (Wildman–Crippen LogP) is 2.86. The highest BCUT2D eigenvalue weighted by Gasteiger charge is 2.43. The molecule has 2 saturated heterocycles. The van der Waals surface area contributed by atoms with Crippen molar-refractivity contribution in [3.8, 4) is 0 Å². The zero-order valence-corrected chi connectivity index (χ0v) is 8.71. The van der Waals surface area contributed by atoms with Crippen LogP contribution in [0.1, 0.15) is 52.4 Å². The lowest BCUT2D eigenvalue weighted by molar-refractivity contribution is -0.266. The van der Waals surface area contributed by atoms with Gasteiger partial charge in [-0.05, 0) is 32.6 Å². The van der Waals surface area contributed by atoms with E-state index in [1.807, 2.05) is 0 Å². The first-order chi connectivity index (χ1) is 6.24. The highest BCUT2D eigenvalue weighted by Crippen LogP contribution is 2.40. The van der Waals surface area contributed by atoms with E-state index in [1.54, 1.807) is 0 Å². The zero-order chi connectivity index (χ0) is 9.31. The van der Waals surface area contributed by atoms with Gasteiger partial charge in [-0.3, -0.25) is 0 Å². The van der Waals surface area contributed by atoms with E-state index >= 15 is 0 Å². The molecule has 0 N–H and O–H groups in total. The predicted molar refractivity (Wildman–Crippen MR) is 51.5 cm³/mol. The van der Waals surface area contributed by atoms with Crippen molar-refractivity contribution < 1.29 is 9.47 Å². The monoisotopic (exact) mass is 188 g/mol. The number of rotatable bonds is 1. The molecule has 1 spiro atoms. The largest absolute Gasteiger partial charge is 0.347 e. The van der Waals surface area contributed by atoms with Crippen molar-refractivity contribution in [2.75, 3.05) is 0 Å².